The zero-order chi connectivity index (χ0) is 12.8. The quantitative estimate of drug-likeness (QED) is 0.737. The van der Waals surface area contributed by atoms with Crippen LogP contribution in [0.15, 0.2) is 12.1 Å². The van der Waals surface area contributed by atoms with Crippen LogP contribution in [0.5, 0.6) is 0 Å². The molecule has 1 aromatic rings. The maximum atomic E-state index is 11.8. The van der Waals surface area contributed by atoms with Gasteiger partial charge < -0.3 is 15.0 Å². The van der Waals surface area contributed by atoms with E-state index in [1.54, 1.807) is 0 Å². The molecule has 0 aliphatic rings. The van der Waals surface area contributed by atoms with Gasteiger partial charge in [0, 0.05) is 25.9 Å². The molecule has 1 heterocycles. The normalized spacial score (nSPS) is 12.5. The lowest BCUT2D eigenvalue weighted by Gasteiger charge is -2.09. The number of hydrogen-bond donors (Lipinski definition) is 2. The second-order valence-corrected chi connectivity index (χ2v) is 4.60. The highest BCUT2D eigenvalue weighted by Gasteiger charge is 2.09. The third-order valence-electron chi connectivity index (χ3n) is 3.08. The van der Waals surface area contributed by atoms with Crippen LogP contribution in [-0.2, 0) is 7.05 Å². The number of aryl methyl sites for hydroxylation is 1. The van der Waals surface area contributed by atoms with E-state index in [0.29, 0.717) is 18.2 Å². The van der Waals surface area contributed by atoms with Gasteiger partial charge in [-0.05, 0) is 37.8 Å². The van der Waals surface area contributed by atoms with Gasteiger partial charge in [0.05, 0.1) is 0 Å². The molecule has 0 saturated heterocycles. The highest BCUT2D eigenvalue weighted by molar-refractivity contribution is 5.92. The summed E-state index contributed by atoms with van der Waals surface area (Å²) in [5, 5.41) is 11.8. The molecule has 96 valence electrons. The van der Waals surface area contributed by atoms with Gasteiger partial charge in [-0.2, -0.15) is 0 Å². The van der Waals surface area contributed by atoms with E-state index >= 15 is 0 Å². The van der Waals surface area contributed by atoms with E-state index in [-0.39, 0.29) is 12.5 Å². The maximum Gasteiger partial charge on any atom is 0.267 e. The number of aliphatic hydroxyl groups excluding tert-OH is 1. The molecule has 0 radical (unpaired) electrons. The van der Waals surface area contributed by atoms with Gasteiger partial charge in [-0.1, -0.05) is 6.92 Å². The number of amides is 1. The van der Waals surface area contributed by atoms with E-state index in [2.05, 4.69) is 5.32 Å². The topological polar surface area (TPSA) is 54.3 Å². The van der Waals surface area contributed by atoms with Crippen LogP contribution in [0.25, 0.3) is 0 Å². The Labute approximate surface area is 103 Å². The molecule has 0 spiro atoms. The Morgan fingerprint density at radius 2 is 2.24 bits per heavy atom. The summed E-state index contributed by atoms with van der Waals surface area (Å²) in [7, 11) is 1.89. The molecular formula is C13H22N2O2. The predicted octanol–water partition coefficient (Wildman–Crippen LogP) is 1.47. The number of hydrogen-bond acceptors (Lipinski definition) is 2. The lowest BCUT2D eigenvalue weighted by molar-refractivity contribution is 0.0943. The van der Waals surface area contributed by atoms with Crippen molar-refractivity contribution in [2.45, 2.75) is 26.7 Å². The molecule has 0 fully saturated rings. The molecule has 0 aliphatic heterocycles. The van der Waals surface area contributed by atoms with Gasteiger partial charge in [-0.3, -0.25) is 4.79 Å². The van der Waals surface area contributed by atoms with Crippen LogP contribution in [0.3, 0.4) is 0 Å². The molecule has 4 nitrogen and oxygen atoms in total. The Kier molecular flexibility index (Phi) is 5.22. The van der Waals surface area contributed by atoms with E-state index in [9.17, 15) is 4.79 Å². The van der Waals surface area contributed by atoms with Gasteiger partial charge in [0.2, 0.25) is 0 Å². The molecule has 1 unspecified atom stereocenters. The average Bonchev–Trinajstić information content (AvgIpc) is 2.65. The van der Waals surface area contributed by atoms with Crippen molar-refractivity contribution in [1.29, 1.82) is 0 Å². The van der Waals surface area contributed by atoms with Crippen molar-refractivity contribution in [1.82, 2.24) is 9.88 Å². The zero-order valence-corrected chi connectivity index (χ0v) is 10.9. The van der Waals surface area contributed by atoms with E-state index in [4.69, 9.17) is 5.11 Å². The van der Waals surface area contributed by atoms with Gasteiger partial charge in [-0.25, -0.2) is 0 Å². The van der Waals surface area contributed by atoms with Crippen LogP contribution in [-0.4, -0.2) is 28.7 Å². The predicted molar refractivity (Wildman–Crippen MR) is 68.0 cm³/mol. The van der Waals surface area contributed by atoms with Crippen molar-refractivity contribution in [3.63, 3.8) is 0 Å². The Morgan fingerprint density at radius 3 is 2.76 bits per heavy atom. The molecule has 0 bridgehead atoms. The van der Waals surface area contributed by atoms with Crippen molar-refractivity contribution in [2.75, 3.05) is 13.2 Å². The number of aliphatic hydroxyl groups is 1. The lowest BCUT2D eigenvalue weighted by Crippen LogP contribution is -2.26. The summed E-state index contributed by atoms with van der Waals surface area (Å²) in [6, 6.07) is 3.77. The molecule has 1 rings (SSSR count). The molecule has 1 amide bonds. The first-order valence-corrected chi connectivity index (χ1v) is 6.07. The van der Waals surface area contributed by atoms with Crippen LogP contribution >= 0.6 is 0 Å². The molecular weight excluding hydrogens is 216 g/mol. The number of carbonyl (C=O) groups excluding carboxylic acids is 1. The summed E-state index contributed by atoms with van der Waals surface area (Å²) in [5.74, 6) is 0.279. The lowest BCUT2D eigenvalue weighted by atomic mass is 10.1. The first kappa shape index (κ1) is 13.8. The molecule has 17 heavy (non-hydrogen) atoms. The standard InChI is InChI=1S/C13H22N2O2/c1-10(9-16)5-4-8-14-13(17)12-7-6-11(2)15(12)3/h6-7,10,16H,4-5,8-9H2,1-3H3,(H,14,17). The van der Waals surface area contributed by atoms with E-state index in [1.807, 2.05) is 37.6 Å². The summed E-state index contributed by atoms with van der Waals surface area (Å²) in [5.41, 5.74) is 1.77. The summed E-state index contributed by atoms with van der Waals surface area (Å²) in [6.07, 6.45) is 1.83. The van der Waals surface area contributed by atoms with E-state index in [1.165, 1.54) is 0 Å². The molecule has 1 atom stereocenters. The Morgan fingerprint density at radius 1 is 1.53 bits per heavy atom. The minimum Gasteiger partial charge on any atom is -0.396 e. The zero-order valence-electron chi connectivity index (χ0n) is 10.9. The summed E-state index contributed by atoms with van der Waals surface area (Å²) >= 11 is 0. The van der Waals surface area contributed by atoms with E-state index in [0.717, 1.165) is 18.5 Å². The highest BCUT2D eigenvalue weighted by Crippen LogP contribution is 2.06. The van der Waals surface area contributed by atoms with Crippen molar-refractivity contribution < 1.29 is 9.90 Å². The second-order valence-electron chi connectivity index (χ2n) is 4.60. The number of carbonyl (C=O) groups is 1. The number of rotatable bonds is 6. The molecule has 0 aromatic carbocycles. The first-order chi connectivity index (χ1) is 8.06. The molecule has 1 aromatic heterocycles. The fourth-order valence-corrected chi connectivity index (χ4v) is 1.68. The minimum atomic E-state index is -0.0303. The maximum absolute atomic E-state index is 11.8. The number of aromatic nitrogens is 1. The van der Waals surface area contributed by atoms with Crippen LogP contribution in [0.4, 0.5) is 0 Å². The van der Waals surface area contributed by atoms with Crippen molar-refractivity contribution in [3.05, 3.63) is 23.5 Å². The van der Waals surface area contributed by atoms with Crippen LogP contribution in [0.2, 0.25) is 0 Å². The smallest absolute Gasteiger partial charge is 0.267 e. The second kappa shape index (κ2) is 6.45. The first-order valence-electron chi connectivity index (χ1n) is 6.07. The molecule has 0 aliphatic carbocycles. The summed E-state index contributed by atoms with van der Waals surface area (Å²) in [4.78, 5) is 11.8. The highest BCUT2D eigenvalue weighted by atomic mass is 16.3. The Bertz CT molecular complexity index is 371. The fourth-order valence-electron chi connectivity index (χ4n) is 1.68. The summed E-state index contributed by atoms with van der Waals surface area (Å²) in [6.45, 7) is 4.85. The van der Waals surface area contributed by atoms with Crippen LogP contribution in [0.1, 0.15) is 35.9 Å². The molecule has 4 heteroatoms. The van der Waals surface area contributed by atoms with Gasteiger partial charge in [0.1, 0.15) is 5.69 Å². The summed E-state index contributed by atoms with van der Waals surface area (Å²) < 4.78 is 1.88. The SMILES string of the molecule is Cc1ccc(C(=O)NCCCC(C)CO)n1C. The Balaban J connectivity index is 2.33. The number of nitrogens with one attached hydrogen (secondary N) is 1. The van der Waals surface area contributed by atoms with Gasteiger partial charge >= 0.3 is 0 Å². The van der Waals surface area contributed by atoms with Gasteiger partial charge in [0.15, 0.2) is 0 Å². The molecule has 0 saturated carbocycles. The molecule has 2 N–H and O–H groups in total. The van der Waals surface area contributed by atoms with Gasteiger partial charge in [0.25, 0.3) is 5.91 Å². The average molecular weight is 238 g/mol. The monoisotopic (exact) mass is 238 g/mol. The van der Waals surface area contributed by atoms with Crippen molar-refractivity contribution in [3.8, 4) is 0 Å². The number of nitrogens with zero attached hydrogens (tertiary/aromatic N) is 1. The van der Waals surface area contributed by atoms with Crippen LogP contribution in [0, 0.1) is 12.8 Å². The Hall–Kier alpha value is -1.29. The van der Waals surface area contributed by atoms with E-state index < -0.39 is 0 Å². The third-order valence-corrected chi connectivity index (χ3v) is 3.08. The minimum absolute atomic E-state index is 0.0303. The van der Waals surface area contributed by atoms with Crippen molar-refractivity contribution >= 4 is 5.91 Å². The third kappa shape index (κ3) is 3.89. The fraction of sp³-hybridized carbons (Fsp3) is 0.615. The van der Waals surface area contributed by atoms with Gasteiger partial charge in [-0.15, -0.1) is 0 Å². The van der Waals surface area contributed by atoms with Crippen molar-refractivity contribution in [2.24, 2.45) is 13.0 Å². The largest absolute Gasteiger partial charge is 0.396 e. The van der Waals surface area contributed by atoms with Crippen LogP contribution < -0.4 is 5.32 Å².